The van der Waals surface area contributed by atoms with Crippen molar-refractivity contribution in [1.29, 1.82) is 0 Å². The molecule has 0 spiro atoms. The van der Waals surface area contributed by atoms with E-state index in [0.29, 0.717) is 29.9 Å². The van der Waals surface area contributed by atoms with Gasteiger partial charge >= 0.3 is 0 Å². The first kappa shape index (κ1) is 13.5. The molecule has 1 aromatic heterocycles. The minimum absolute atomic E-state index is 0.302. The SMILES string of the molecule is Fc1ccc(OCCn2cnc3cc(F)c(F)cc32)cc1. The van der Waals surface area contributed by atoms with E-state index in [2.05, 4.69) is 4.98 Å². The molecule has 0 aliphatic heterocycles. The van der Waals surface area contributed by atoms with Crippen molar-refractivity contribution in [1.82, 2.24) is 9.55 Å². The fourth-order valence-corrected chi connectivity index (χ4v) is 2.02. The van der Waals surface area contributed by atoms with E-state index < -0.39 is 11.6 Å². The monoisotopic (exact) mass is 292 g/mol. The van der Waals surface area contributed by atoms with E-state index in [9.17, 15) is 13.2 Å². The maximum Gasteiger partial charge on any atom is 0.161 e. The second-order valence-electron chi connectivity index (χ2n) is 4.50. The molecular weight excluding hydrogens is 281 g/mol. The van der Waals surface area contributed by atoms with Gasteiger partial charge in [0.25, 0.3) is 0 Å². The zero-order valence-corrected chi connectivity index (χ0v) is 10.9. The van der Waals surface area contributed by atoms with Crippen LogP contribution in [0.3, 0.4) is 0 Å². The number of fused-ring (bicyclic) bond motifs is 1. The maximum atomic E-state index is 13.2. The fraction of sp³-hybridized carbons (Fsp3) is 0.133. The number of hydrogen-bond acceptors (Lipinski definition) is 2. The molecule has 0 aliphatic carbocycles. The Morgan fingerprint density at radius 1 is 1.00 bits per heavy atom. The van der Waals surface area contributed by atoms with Gasteiger partial charge in [0.05, 0.1) is 23.9 Å². The lowest BCUT2D eigenvalue weighted by molar-refractivity contribution is 0.299. The molecule has 0 radical (unpaired) electrons. The first-order chi connectivity index (χ1) is 10.1. The highest BCUT2D eigenvalue weighted by Crippen LogP contribution is 2.17. The van der Waals surface area contributed by atoms with Gasteiger partial charge in [0.15, 0.2) is 11.6 Å². The molecule has 108 valence electrons. The lowest BCUT2D eigenvalue weighted by Gasteiger charge is -2.07. The molecule has 21 heavy (non-hydrogen) atoms. The van der Waals surface area contributed by atoms with E-state index in [1.165, 1.54) is 30.6 Å². The smallest absolute Gasteiger partial charge is 0.161 e. The standard InChI is InChI=1S/C15H11F3N2O/c16-10-1-3-11(4-2-10)21-6-5-20-9-19-14-7-12(17)13(18)8-15(14)20/h1-4,7-9H,5-6H2. The van der Waals surface area contributed by atoms with Gasteiger partial charge in [0, 0.05) is 12.1 Å². The summed E-state index contributed by atoms with van der Waals surface area (Å²) in [6.45, 7) is 0.717. The van der Waals surface area contributed by atoms with E-state index in [-0.39, 0.29) is 5.82 Å². The average Bonchev–Trinajstić information content (AvgIpc) is 2.84. The Hall–Kier alpha value is -2.50. The Bertz CT molecular complexity index is 768. The topological polar surface area (TPSA) is 27.1 Å². The van der Waals surface area contributed by atoms with Crippen LogP contribution < -0.4 is 4.74 Å². The molecular formula is C15H11F3N2O. The van der Waals surface area contributed by atoms with Gasteiger partial charge < -0.3 is 9.30 Å². The van der Waals surface area contributed by atoms with Gasteiger partial charge in [-0.3, -0.25) is 0 Å². The number of ether oxygens (including phenoxy) is 1. The van der Waals surface area contributed by atoms with Crippen molar-refractivity contribution in [2.24, 2.45) is 0 Å². The van der Waals surface area contributed by atoms with Crippen LogP contribution >= 0.6 is 0 Å². The van der Waals surface area contributed by atoms with E-state index >= 15 is 0 Å². The van der Waals surface area contributed by atoms with E-state index in [0.717, 1.165) is 12.1 Å². The molecule has 3 nitrogen and oxygen atoms in total. The van der Waals surface area contributed by atoms with Crippen molar-refractivity contribution in [3.63, 3.8) is 0 Å². The third-order valence-electron chi connectivity index (χ3n) is 3.08. The van der Waals surface area contributed by atoms with Gasteiger partial charge in [-0.05, 0) is 24.3 Å². The summed E-state index contributed by atoms with van der Waals surface area (Å²) in [7, 11) is 0. The quantitative estimate of drug-likeness (QED) is 0.735. The third-order valence-corrected chi connectivity index (χ3v) is 3.08. The van der Waals surface area contributed by atoms with Gasteiger partial charge in [-0.2, -0.15) is 0 Å². The lowest BCUT2D eigenvalue weighted by Crippen LogP contribution is -2.07. The minimum Gasteiger partial charge on any atom is -0.492 e. The van der Waals surface area contributed by atoms with Crippen LogP contribution in [-0.4, -0.2) is 16.2 Å². The Labute approximate surface area is 118 Å². The average molecular weight is 292 g/mol. The molecule has 0 atom stereocenters. The van der Waals surface area contributed by atoms with Crippen LogP contribution in [0.5, 0.6) is 5.75 Å². The minimum atomic E-state index is -0.921. The first-order valence-electron chi connectivity index (χ1n) is 6.32. The van der Waals surface area contributed by atoms with Crippen molar-refractivity contribution in [3.8, 4) is 5.75 Å². The fourth-order valence-electron chi connectivity index (χ4n) is 2.02. The van der Waals surface area contributed by atoms with Crippen molar-refractivity contribution >= 4 is 11.0 Å². The largest absolute Gasteiger partial charge is 0.492 e. The molecule has 3 rings (SSSR count). The molecule has 1 heterocycles. The second kappa shape index (κ2) is 5.47. The summed E-state index contributed by atoms with van der Waals surface area (Å²) in [4.78, 5) is 4.01. The molecule has 2 aromatic carbocycles. The number of imidazole rings is 1. The number of hydrogen-bond donors (Lipinski definition) is 0. The summed E-state index contributed by atoms with van der Waals surface area (Å²) in [5.74, 6) is -1.63. The third kappa shape index (κ3) is 2.84. The summed E-state index contributed by atoms with van der Waals surface area (Å²) in [6, 6.07) is 7.82. The van der Waals surface area contributed by atoms with Crippen LogP contribution in [0, 0.1) is 17.5 Å². The van der Waals surface area contributed by atoms with Gasteiger partial charge in [-0.1, -0.05) is 0 Å². The number of halogens is 3. The summed E-state index contributed by atoms with van der Waals surface area (Å²) in [6.07, 6.45) is 1.50. The van der Waals surface area contributed by atoms with Crippen molar-refractivity contribution in [3.05, 3.63) is 60.2 Å². The number of rotatable bonds is 4. The molecule has 6 heteroatoms. The van der Waals surface area contributed by atoms with Crippen molar-refractivity contribution in [2.45, 2.75) is 6.54 Å². The van der Waals surface area contributed by atoms with Crippen LogP contribution in [0.2, 0.25) is 0 Å². The molecule has 0 bridgehead atoms. The zero-order valence-electron chi connectivity index (χ0n) is 10.9. The predicted octanol–water partition coefficient (Wildman–Crippen LogP) is 3.53. The second-order valence-corrected chi connectivity index (χ2v) is 4.50. The normalized spacial score (nSPS) is 11.0. The molecule has 3 aromatic rings. The molecule has 0 fully saturated rings. The number of benzene rings is 2. The van der Waals surface area contributed by atoms with Crippen LogP contribution in [0.25, 0.3) is 11.0 Å². The highest BCUT2D eigenvalue weighted by atomic mass is 19.2. The lowest BCUT2D eigenvalue weighted by atomic mass is 10.3. The van der Waals surface area contributed by atoms with Crippen LogP contribution in [0.15, 0.2) is 42.7 Å². The van der Waals surface area contributed by atoms with Crippen molar-refractivity contribution < 1.29 is 17.9 Å². The van der Waals surface area contributed by atoms with Gasteiger partial charge in [-0.25, -0.2) is 18.2 Å². The van der Waals surface area contributed by atoms with Crippen LogP contribution in [0.4, 0.5) is 13.2 Å². The Morgan fingerprint density at radius 2 is 1.71 bits per heavy atom. The Balaban J connectivity index is 1.70. The molecule has 0 saturated heterocycles. The summed E-state index contributed by atoms with van der Waals surface area (Å²) < 4.78 is 46.2. The van der Waals surface area contributed by atoms with E-state index in [1.54, 1.807) is 4.57 Å². The molecule has 0 amide bonds. The summed E-state index contributed by atoms with van der Waals surface area (Å²) >= 11 is 0. The first-order valence-corrected chi connectivity index (χ1v) is 6.32. The van der Waals surface area contributed by atoms with Crippen LogP contribution in [0.1, 0.15) is 0 Å². The van der Waals surface area contributed by atoms with E-state index in [4.69, 9.17) is 4.74 Å². The Kier molecular flexibility index (Phi) is 3.51. The molecule has 0 N–H and O–H groups in total. The number of nitrogens with zero attached hydrogens (tertiary/aromatic N) is 2. The molecule has 0 aliphatic rings. The highest BCUT2D eigenvalue weighted by Gasteiger charge is 2.09. The van der Waals surface area contributed by atoms with Gasteiger partial charge in [-0.15, -0.1) is 0 Å². The number of aromatic nitrogens is 2. The molecule has 0 saturated carbocycles. The summed E-state index contributed by atoms with van der Waals surface area (Å²) in [5, 5.41) is 0. The van der Waals surface area contributed by atoms with Gasteiger partial charge in [0.1, 0.15) is 18.2 Å². The highest BCUT2D eigenvalue weighted by molar-refractivity contribution is 5.75. The summed E-state index contributed by atoms with van der Waals surface area (Å²) in [5.41, 5.74) is 0.882. The van der Waals surface area contributed by atoms with E-state index in [1.807, 2.05) is 0 Å². The zero-order chi connectivity index (χ0) is 14.8. The maximum absolute atomic E-state index is 13.2. The van der Waals surface area contributed by atoms with Gasteiger partial charge in [0.2, 0.25) is 0 Å². The Morgan fingerprint density at radius 3 is 2.48 bits per heavy atom. The predicted molar refractivity (Wildman–Crippen MR) is 71.5 cm³/mol. The van der Waals surface area contributed by atoms with Crippen molar-refractivity contribution in [2.75, 3.05) is 6.61 Å². The molecule has 0 unspecified atom stereocenters. The van der Waals surface area contributed by atoms with Crippen LogP contribution in [-0.2, 0) is 6.54 Å².